The zero-order chi connectivity index (χ0) is 25.8. The Hall–Kier alpha value is -5.40. The molecule has 0 aliphatic carbocycles. The summed E-state index contributed by atoms with van der Waals surface area (Å²) in [7, 11) is 0. The molecule has 37 heavy (non-hydrogen) atoms. The second-order valence-corrected chi connectivity index (χ2v) is 7.92. The molecule has 0 fully saturated rings. The fraction of sp³-hybridized carbons (Fsp3) is 0.0370. The number of phenolic OH excluding ortho intramolecular Hbond substituents is 1. The van der Waals surface area contributed by atoms with Crippen LogP contribution in [0, 0.1) is 6.57 Å². The van der Waals surface area contributed by atoms with Gasteiger partial charge in [0.2, 0.25) is 0 Å². The average molecular weight is 489 g/mol. The third-order valence-corrected chi connectivity index (χ3v) is 5.57. The summed E-state index contributed by atoms with van der Waals surface area (Å²) in [5.74, 6) is -0.372. The van der Waals surface area contributed by atoms with E-state index in [1.54, 1.807) is 66.9 Å². The highest BCUT2D eigenvalue weighted by Gasteiger charge is 2.20. The van der Waals surface area contributed by atoms with Crippen LogP contribution in [0.4, 0.5) is 22.9 Å². The normalized spacial score (nSPS) is 11.0. The third kappa shape index (κ3) is 4.62. The molecule has 0 aliphatic heterocycles. The number of para-hydroxylation sites is 1. The lowest BCUT2D eigenvalue weighted by Crippen LogP contribution is -2.12. The lowest BCUT2D eigenvalue weighted by atomic mass is 10.0. The van der Waals surface area contributed by atoms with Crippen LogP contribution in [-0.2, 0) is 6.61 Å². The molecule has 5 rings (SSSR count). The lowest BCUT2D eigenvalue weighted by Gasteiger charge is -2.12. The number of nitrogens with one attached hydrogen (secondary N) is 1. The SMILES string of the molecule is [C-]#[N+]c1cnn(-c2ccccn2)c1N=Nc1c(O)c(C(=O)Nc2ccccc2)cc2cc(CO)ccc12. The number of carbonyl (C=O) groups is 1. The average Bonchev–Trinajstić information content (AvgIpc) is 3.36. The summed E-state index contributed by atoms with van der Waals surface area (Å²) >= 11 is 0. The van der Waals surface area contributed by atoms with Crippen molar-refractivity contribution in [3.05, 3.63) is 108 Å². The summed E-state index contributed by atoms with van der Waals surface area (Å²) in [6.45, 7) is 7.28. The van der Waals surface area contributed by atoms with E-state index in [-0.39, 0.29) is 35.1 Å². The maximum absolute atomic E-state index is 13.1. The number of hydrogen-bond donors (Lipinski definition) is 3. The number of aliphatic hydroxyl groups is 1. The van der Waals surface area contributed by atoms with Crippen molar-refractivity contribution < 1.29 is 15.0 Å². The van der Waals surface area contributed by atoms with Crippen LogP contribution in [0.25, 0.3) is 21.4 Å². The van der Waals surface area contributed by atoms with Crippen molar-refractivity contribution >= 4 is 39.6 Å². The Morgan fingerprint density at radius 1 is 1.05 bits per heavy atom. The highest BCUT2D eigenvalue weighted by Crippen LogP contribution is 2.41. The van der Waals surface area contributed by atoms with E-state index in [1.807, 2.05) is 6.07 Å². The Labute approximate surface area is 211 Å². The summed E-state index contributed by atoms with van der Waals surface area (Å²) in [6.07, 6.45) is 2.94. The van der Waals surface area contributed by atoms with E-state index >= 15 is 0 Å². The number of fused-ring (bicyclic) bond motifs is 1. The molecule has 2 aromatic heterocycles. The van der Waals surface area contributed by atoms with Crippen molar-refractivity contribution in [2.24, 2.45) is 10.2 Å². The molecule has 0 unspecified atom stereocenters. The monoisotopic (exact) mass is 489 g/mol. The molecule has 1 amide bonds. The van der Waals surface area contributed by atoms with E-state index in [1.165, 1.54) is 16.9 Å². The minimum absolute atomic E-state index is 0.0240. The van der Waals surface area contributed by atoms with Gasteiger partial charge in [-0.2, -0.15) is 5.10 Å². The zero-order valence-corrected chi connectivity index (χ0v) is 19.3. The van der Waals surface area contributed by atoms with Crippen LogP contribution < -0.4 is 5.32 Å². The first-order valence-electron chi connectivity index (χ1n) is 11.1. The van der Waals surface area contributed by atoms with Crippen LogP contribution in [0.5, 0.6) is 5.75 Å². The van der Waals surface area contributed by atoms with Gasteiger partial charge in [0.15, 0.2) is 17.4 Å². The number of azo groups is 1. The summed E-state index contributed by atoms with van der Waals surface area (Å²) in [4.78, 5) is 20.8. The zero-order valence-electron chi connectivity index (χ0n) is 19.3. The van der Waals surface area contributed by atoms with E-state index < -0.39 is 5.91 Å². The second-order valence-electron chi connectivity index (χ2n) is 7.92. The number of hydrogen-bond acceptors (Lipinski definition) is 7. The lowest BCUT2D eigenvalue weighted by molar-refractivity contribution is 0.102. The molecule has 3 N–H and O–H groups in total. The van der Waals surface area contributed by atoms with Gasteiger partial charge in [0.1, 0.15) is 5.69 Å². The molecule has 2 heterocycles. The summed E-state index contributed by atoms with van der Waals surface area (Å²) in [6, 6.07) is 20.7. The molecule has 0 atom stereocenters. The van der Waals surface area contributed by atoms with Crippen LogP contribution in [0.1, 0.15) is 15.9 Å². The van der Waals surface area contributed by atoms with Crippen molar-refractivity contribution in [3.63, 3.8) is 0 Å². The summed E-state index contributed by atoms with van der Waals surface area (Å²) in [5, 5.41) is 37.3. The molecule has 0 saturated heterocycles. The number of aromatic hydroxyl groups is 1. The Morgan fingerprint density at radius 2 is 1.86 bits per heavy atom. The highest BCUT2D eigenvalue weighted by atomic mass is 16.3. The van der Waals surface area contributed by atoms with Gasteiger partial charge in [-0.25, -0.2) is 14.5 Å². The fourth-order valence-corrected chi connectivity index (χ4v) is 3.77. The molecule has 0 spiro atoms. The number of nitrogens with zero attached hydrogens (tertiary/aromatic N) is 6. The molecule has 3 aromatic carbocycles. The molecular weight excluding hydrogens is 470 g/mol. The number of aliphatic hydroxyl groups excluding tert-OH is 1. The molecule has 10 nitrogen and oxygen atoms in total. The number of phenols is 1. The van der Waals surface area contributed by atoms with Gasteiger partial charge < -0.3 is 15.5 Å². The van der Waals surface area contributed by atoms with Gasteiger partial charge in [-0.05, 0) is 47.3 Å². The van der Waals surface area contributed by atoms with Crippen LogP contribution in [0.15, 0.2) is 95.4 Å². The van der Waals surface area contributed by atoms with Gasteiger partial charge in [-0.1, -0.05) is 36.4 Å². The first-order chi connectivity index (χ1) is 18.1. The molecule has 5 aromatic rings. The largest absolute Gasteiger partial charge is 0.505 e. The number of rotatable bonds is 6. The van der Waals surface area contributed by atoms with E-state index in [9.17, 15) is 15.0 Å². The van der Waals surface area contributed by atoms with Gasteiger partial charge >= 0.3 is 0 Å². The first kappa shape index (κ1) is 23.3. The maximum Gasteiger partial charge on any atom is 0.259 e. The summed E-state index contributed by atoms with van der Waals surface area (Å²) in [5.41, 5.74) is 1.33. The third-order valence-electron chi connectivity index (χ3n) is 5.57. The van der Waals surface area contributed by atoms with Crippen molar-refractivity contribution in [1.82, 2.24) is 14.8 Å². The number of aromatic nitrogens is 3. The Kier molecular flexibility index (Phi) is 6.35. The number of carbonyl (C=O) groups excluding carboxylic acids is 1. The van der Waals surface area contributed by atoms with Gasteiger partial charge in [-0.15, -0.1) is 10.2 Å². The highest BCUT2D eigenvalue weighted by molar-refractivity contribution is 6.11. The van der Waals surface area contributed by atoms with E-state index in [4.69, 9.17) is 6.57 Å². The first-order valence-corrected chi connectivity index (χ1v) is 11.1. The van der Waals surface area contributed by atoms with Crippen molar-refractivity contribution in [1.29, 1.82) is 0 Å². The number of anilines is 1. The molecule has 0 radical (unpaired) electrons. The molecule has 10 heteroatoms. The van der Waals surface area contributed by atoms with Crippen LogP contribution >= 0.6 is 0 Å². The van der Waals surface area contributed by atoms with Crippen molar-refractivity contribution in [2.45, 2.75) is 6.61 Å². The van der Waals surface area contributed by atoms with Crippen molar-refractivity contribution in [3.8, 4) is 11.6 Å². The minimum atomic E-state index is -0.545. The van der Waals surface area contributed by atoms with E-state index in [0.29, 0.717) is 27.8 Å². The van der Waals surface area contributed by atoms with Gasteiger partial charge in [0.05, 0.1) is 24.9 Å². The van der Waals surface area contributed by atoms with Gasteiger partial charge in [0.25, 0.3) is 11.6 Å². The van der Waals surface area contributed by atoms with Gasteiger partial charge in [-0.3, -0.25) is 4.79 Å². The van der Waals surface area contributed by atoms with E-state index in [0.717, 1.165) is 0 Å². The van der Waals surface area contributed by atoms with Crippen LogP contribution in [0.3, 0.4) is 0 Å². The molecule has 0 aliphatic rings. The number of benzene rings is 3. The smallest absolute Gasteiger partial charge is 0.259 e. The second kappa shape index (κ2) is 10.1. The molecule has 180 valence electrons. The predicted molar refractivity (Wildman–Crippen MR) is 138 cm³/mol. The predicted octanol–water partition coefficient (Wildman–Crippen LogP) is 5.84. The maximum atomic E-state index is 13.1. The van der Waals surface area contributed by atoms with Gasteiger partial charge in [0, 0.05) is 17.3 Å². The minimum Gasteiger partial charge on any atom is -0.505 e. The Morgan fingerprint density at radius 3 is 2.59 bits per heavy atom. The van der Waals surface area contributed by atoms with Crippen molar-refractivity contribution in [2.75, 3.05) is 5.32 Å². The van der Waals surface area contributed by atoms with Crippen LogP contribution in [-0.4, -0.2) is 30.9 Å². The topological polar surface area (TPSA) is 129 Å². The standard InChI is InChI=1S/C27H19N7O3/c1-28-22-15-30-34(23-9-5-6-12-29-23)26(22)33-32-24-20-11-10-17(16-35)13-18(20)14-21(25(24)36)27(37)31-19-7-3-2-4-8-19/h2-15,35-36H,16H2,(H,31,37). The fourth-order valence-electron chi connectivity index (χ4n) is 3.77. The Balaban J connectivity index is 1.64. The summed E-state index contributed by atoms with van der Waals surface area (Å²) < 4.78 is 1.37. The molecular formula is C27H19N7O3. The quantitative estimate of drug-likeness (QED) is 0.204. The number of amides is 1. The van der Waals surface area contributed by atoms with E-state index in [2.05, 4.69) is 30.5 Å². The van der Waals surface area contributed by atoms with Crippen LogP contribution in [0.2, 0.25) is 0 Å². The molecule has 0 bridgehead atoms. The molecule has 0 saturated carbocycles. The Bertz CT molecular complexity index is 1670. The number of pyridine rings is 1.